The van der Waals surface area contributed by atoms with Gasteiger partial charge in [-0.2, -0.15) is 0 Å². The summed E-state index contributed by atoms with van der Waals surface area (Å²) in [5, 5.41) is 6.96. The molecular weight excluding hydrogens is 204 g/mol. The molecule has 1 aliphatic rings. The Balaban J connectivity index is 1.85. The number of thiazole rings is 1. The van der Waals surface area contributed by atoms with Crippen LogP contribution in [0, 0.1) is 5.41 Å². The zero-order chi connectivity index (χ0) is 10.6. The van der Waals surface area contributed by atoms with E-state index in [9.17, 15) is 0 Å². The molecule has 1 aromatic heterocycles. The van der Waals surface area contributed by atoms with Crippen molar-refractivity contribution in [3.8, 4) is 0 Å². The first-order chi connectivity index (χ1) is 7.35. The number of nitrogens with zero attached hydrogens (tertiary/aromatic N) is 1. The van der Waals surface area contributed by atoms with Crippen LogP contribution < -0.4 is 5.32 Å². The summed E-state index contributed by atoms with van der Waals surface area (Å²) in [4.78, 5) is 4.40. The van der Waals surface area contributed by atoms with Crippen LogP contribution in [0.25, 0.3) is 0 Å². The Bertz CT molecular complexity index is 278. The van der Waals surface area contributed by atoms with Gasteiger partial charge in [0.1, 0.15) is 0 Å². The molecule has 1 aliphatic carbocycles. The van der Waals surface area contributed by atoms with Crippen molar-refractivity contribution in [3.63, 3.8) is 0 Å². The van der Waals surface area contributed by atoms with Crippen LogP contribution in [-0.2, 0) is 6.42 Å². The van der Waals surface area contributed by atoms with E-state index >= 15 is 0 Å². The van der Waals surface area contributed by atoms with Crippen LogP contribution in [-0.4, -0.2) is 18.1 Å². The van der Waals surface area contributed by atoms with Crippen LogP contribution in [0.5, 0.6) is 0 Å². The minimum Gasteiger partial charge on any atom is -0.316 e. The van der Waals surface area contributed by atoms with Crippen molar-refractivity contribution >= 4 is 11.3 Å². The number of nitrogens with one attached hydrogen (secondary N) is 1. The summed E-state index contributed by atoms with van der Waals surface area (Å²) < 4.78 is 0. The van der Waals surface area contributed by atoms with Gasteiger partial charge in [-0.15, -0.1) is 11.3 Å². The number of aromatic nitrogens is 1. The van der Waals surface area contributed by atoms with Crippen LogP contribution in [0.1, 0.15) is 37.6 Å². The lowest BCUT2D eigenvalue weighted by atomic mass is 9.66. The molecule has 0 aromatic carbocycles. The molecule has 0 spiro atoms. The average Bonchev–Trinajstić information content (AvgIpc) is 2.66. The molecule has 2 rings (SSSR count). The molecule has 0 aliphatic heterocycles. The molecule has 15 heavy (non-hydrogen) atoms. The molecule has 1 aromatic rings. The van der Waals surface area contributed by atoms with Gasteiger partial charge in [-0.25, -0.2) is 4.98 Å². The normalized spacial score (nSPS) is 18.7. The maximum atomic E-state index is 4.40. The lowest BCUT2D eigenvalue weighted by Gasteiger charge is -2.41. The Morgan fingerprint density at radius 2 is 2.40 bits per heavy atom. The molecule has 0 saturated heterocycles. The Morgan fingerprint density at radius 1 is 1.53 bits per heavy atom. The fourth-order valence-corrected chi connectivity index (χ4v) is 3.07. The number of hydrogen-bond donors (Lipinski definition) is 1. The highest BCUT2D eigenvalue weighted by atomic mass is 32.1. The van der Waals surface area contributed by atoms with Gasteiger partial charge in [0.15, 0.2) is 0 Å². The van der Waals surface area contributed by atoms with E-state index in [2.05, 4.69) is 22.6 Å². The molecule has 1 heterocycles. The van der Waals surface area contributed by atoms with Gasteiger partial charge in [-0.05, 0) is 31.2 Å². The Morgan fingerprint density at radius 3 is 2.93 bits per heavy atom. The first-order valence-corrected chi connectivity index (χ1v) is 6.82. The topological polar surface area (TPSA) is 24.9 Å². The SMILES string of the molecule is CCCNCC1(Cc2nccs2)CCC1. The third-order valence-corrected chi connectivity index (χ3v) is 4.13. The molecule has 2 nitrogen and oxygen atoms in total. The van der Waals surface area contributed by atoms with Gasteiger partial charge >= 0.3 is 0 Å². The molecule has 3 heteroatoms. The van der Waals surface area contributed by atoms with E-state index in [-0.39, 0.29) is 0 Å². The van der Waals surface area contributed by atoms with E-state index < -0.39 is 0 Å². The monoisotopic (exact) mass is 224 g/mol. The highest BCUT2D eigenvalue weighted by molar-refractivity contribution is 7.09. The number of hydrogen-bond acceptors (Lipinski definition) is 3. The lowest BCUT2D eigenvalue weighted by molar-refractivity contribution is 0.130. The first kappa shape index (κ1) is 11.1. The minimum absolute atomic E-state index is 0.535. The van der Waals surface area contributed by atoms with Gasteiger partial charge in [-0.1, -0.05) is 13.3 Å². The fraction of sp³-hybridized carbons (Fsp3) is 0.750. The van der Waals surface area contributed by atoms with Crippen LogP contribution in [0.15, 0.2) is 11.6 Å². The van der Waals surface area contributed by atoms with Crippen molar-refractivity contribution in [2.45, 2.75) is 39.0 Å². The van der Waals surface area contributed by atoms with Crippen LogP contribution >= 0.6 is 11.3 Å². The van der Waals surface area contributed by atoms with Gasteiger partial charge in [0.25, 0.3) is 0 Å². The highest BCUT2D eigenvalue weighted by Gasteiger charge is 2.37. The highest BCUT2D eigenvalue weighted by Crippen LogP contribution is 2.43. The molecule has 0 amide bonds. The maximum absolute atomic E-state index is 4.40. The van der Waals surface area contributed by atoms with Gasteiger partial charge in [0, 0.05) is 24.5 Å². The van der Waals surface area contributed by atoms with Gasteiger partial charge in [-0.3, -0.25) is 0 Å². The molecule has 1 fully saturated rings. The molecule has 1 saturated carbocycles. The van der Waals surface area contributed by atoms with E-state index in [4.69, 9.17) is 0 Å². The van der Waals surface area contributed by atoms with Gasteiger partial charge in [0.2, 0.25) is 0 Å². The summed E-state index contributed by atoms with van der Waals surface area (Å²) in [6.07, 6.45) is 8.49. The van der Waals surface area contributed by atoms with Crippen molar-refractivity contribution in [1.82, 2.24) is 10.3 Å². The summed E-state index contributed by atoms with van der Waals surface area (Å²) in [5.74, 6) is 0. The van der Waals surface area contributed by atoms with Gasteiger partial charge in [0.05, 0.1) is 5.01 Å². The summed E-state index contributed by atoms with van der Waals surface area (Å²) in [6.45, 7) is 4.56. The van der Waals surface area contributed by atoms with Crippen LogP contribution in [0.2, 0.25) is 0 Å². The molecule has 84 valence electrons. The Labute approximate surface area is 96.1 Å². The zero-order valence-corrected chi connectivity index (χ0v) is 10.3. The Kier molecular flexibility index (Phi) is 3.76. The van der Waals surface area contributed by atoms with Crippen molar-refractivity contribution in [2.75, 3.05) is 13.1 Å². The molecule has 0 radical (unpaired) electrons. The second-order valence-electron chi connectivity index (χ2n) is 4.63. The summed E-state index contributed by atoms with van der Waals surface area (Å²) in [5.41, 5.74) is 0.535. The second kappa shape index (κ2) is 5.08. The molecule has 1 N–H and O–H groups in total. The minimum atomic E-state index is 0.535. The smallest absolute Gasteiger partial charge is 0.0930 e. The molecule has 0 unspecified atom stereocenters. The van der Waals surface area contributed by atoms with E-state index in [1.807, 2.05) is 6.20 Å². The first-order valence-electron chi connectivity index (χ1n) is 5.94. The third-order valence-electron chi connectivity index (χ3n) is 3.35. The maximum Gasteiger partial charge on any atom is 0.0930 e. The van der Waals surface area contributed by atoms with Gasteiger partial charge < -0.3 is 5.32 Å². The number of rotatable bonds is 6. The van der Waals surface area contributed by atoms with E-state index in [1.165, 1.54) is 43.7 Å². The summed E-state index contributed by atoms with van der Waals surface area (Å²) in [7, 11) is 0. The average molecular weight is 224 g/mol. The molecular formula is C12H20N2S. The van der Waals surface area contributed by atoms with Crippen molar-refractivity contribution in [2.24, 2.45) is 5.41 Å². The predicted molar refractivity (Wildman–Crippen MR) is 65.3 cm³/mol. The van der Waals surface area contributed by atoms with Crippen molar-refractivity contribution < 1.29 is 0 Å². The quantitative estimate of drug-likeness (QED) is 0.752. The van der Waals surface area contributed by atoms with E-state index in [0.717, 1.165) is 6.54 Å². The Hall–Kier alpha value is -0.410. The van der Waals surface area contributed by atoms with Crippen molar-refractivity contribution in [3.05, 3.63) is 16.6 Å². The fourth-order valence-electron chi connectivity index (χ4n) is 2.28. The summed E-state index contributed by atoms with van der Waals surface area (Å²) in [6, 6.07) is 0. The molecule has 0 bridgehead atoms. The van der Waals surface area contributed by atoms with Crippen molar-refractivity contribution in [1.29, 1.82) is 0 Å². The lowest BCUT2D eigenvalue weighted by Crippen LogP contribution is -2.41. The standard InChI is InChI=1S/C12H20N2S/c1-2-6-13-10-12(4-3-5-12)9-11-14-7-8-15-11/h7-8,13H,2-6,9-10H2,1H3. The van der Waals surface area contributed by atoms with E-state index in [1.54, 1.807) is 11.3 Å². The third kappa shape index (κ3) is 2.79. The van der Waals surface area contributed by atoms with E-state index in [0.29, 0.717) is 5.41 Å². The zero-order valence-electron chi connectivity index (χ0n) is 9.46. The largest absolute Gasteiger partial charge is 0.316 e. The van der Waals surface area contributed by atoms with Crippen LogP contribution in [0.4, 0.5) is 0 Å². The predicted octanol–water partition coefficient (Wildman–Crippen LogP) is 2.86. The van der Waals surface area contributed by atoms with Crippen LogP contribution in [0.3, 0.4) is 0 Å². The summed E-state index contributed by atoms with van der Waals surface area (Å²) >= 11 is 1.80. The molecule has 0 atom stereocenters. The second-order valence-corrected chi connectivity index (χ2v) is 5.61.